The van der Waals surface area contributed by atoms with Crippen LogP contribution >= 0.6 is 50.9 Å². The molecule has 1 aromatic heterocycles. The second kappa shape index (κ2) is 10.4. The van der Waals surface area contributed by atoms with E-state index in [0.29, 0.717) is 26.5 Å². The highest BCUT2D eigenvalue weighted by Gasteiger charge is 2.25. The molecule has 3 aromatic carbocycles. The highest BCUT2D eigenvalue weighted by Crippen LogP contribution is 2.44. The van der Waals surface area contributed by atoms with Crippen LogP contribution in [0.15, 0.2) is 58.4 Å². The molecule has 0 saturated heterocycles. The summed E-state index contributed by atoms with van der Waals surface area (Å²) in [5.74, 6) is -0.883. The summed E-state index contributed by atoms with van der Waals surface area (Å²) in [6, 6.07) is 14.3. The maximum Gasteiger partial charge on any atom is 0.335 e. The Morgan fingerprint density at radius 3 is 2.50 bits per heavy atom. The number of amides is 1. The topological polar surface area (TPSA) is 97.1 Å². The van der Waals surface area contributed by atoms with Crippen molar-refractivity contribution < 1.29 is 14.7 Å². The molecule has 1 saturated carbocycles. The number of benzene rings is 3. The van der Waals surface area contributed by atoms with Gasteiger partial charge in [0.15, 0.2) is 5.16 Å². The summed E-state index contributed by atoms with van der Waals surface area (Å²) >= 11 is 17.7. The fourth-order valence-corrected chi connectivity index (χ4v) is 6.05. The Bertz CT molecular complexity index is 1510. The molecule has 0 aliphatic heterocycles. The number of aromatic carboxylic acids is 1. The fraction of sp³-hybridized carbons (Fsp3) is 0.200. The summed E-state index contributed by atoms with van der Waals surface area (Å²) in [5, 5.41) is 23.6. The molecule has 1 heterocycles. The van der Waals surface area contributed by atoms with Gasteiger partial charge in [0.1, 0.15) is 0 Å². The lowest BCUT2D eigenvalue weighted by Gasteiger charge is -2.28. The number of carbonyl (C=O) groups excluding carboxylic acids is 1. The molecule has 0 spiro atoms. The third-order valence-electron chi connectivity index (χ3n) is 6.19. The monoisotopic (exact) mass is 604 g/mol. The van der Waals surface area contributed by atoms with Gasteiger partial charge in [-0.2, -0.15) is 0 Å². The molecule has 1 amide bonds. The first-order chi connectivity index (χ1) is 17.3. The second-order valence-corrected chi connectivity index (χ2v) is 10.9. The van der Waals surface area contributed by atoms with Crippen LogP contribution in [0.25, 0.3) is 16.5 Å². The lowest BCUT2D eigenvalue weighted by Crippen LogP contribution is -2.15. The number of rotatable bonds is 7. The molecule has 1 aliphatic carbocycles. The summed E-state index contributed by atoms with van der Waals surface area (Å²) in [6.07, 6.45) is 3.55. The van der Waals surface area contributed by atoms with E-state index in [1.807, 2.05) is 28.8 Å². The number of carboxylic acids is 1. The number of aromatic nitrogens is 3. The minimum Gasteiger partial charge on any atom is -0.478 e. The summed E-state index contributed by atoms with van der Waals surface area (Å²) in [7, 11) is 0. The van der Waals surface area contributed by atoms with Gasteiger partial charge >= 0.3 is 5.97 Å². The van der Waals surface area contributed by atoms with Crippen LogP contribution in [0.2, 0.25) is 10.0 Å². The molecule has 0 radical (unpaired) electrons. The average molecular weight is 606 g/mol. The highest BCUT2D eigenvalue weighted by molar-refractivity contribution is 9.10. The van der Waals surface area contributed by atoms with Gasteiger partial charge in [0.2, 0.25) is 10.6 Å². The number of hydrogen-bond acceptors (Lipinski definition) is 5. The molecule has 0 unspecified atom stereocenters. The molecular formula is C25H19BrCl2N4O3S. The number of halogens is 3. The molecule has 0 atom stereocenters. The second-order valence-electron chi connectivity index (χ2n) is 8.39. The first-order valence-electron chi connectivity index (χ1n) is 11.1. The molecule has 0 bridgehead atoms. The molecule has 36 heavy (non-hydrogen) atoms. The molecule has 2 N–H and O–H groups in total. The maximum atomic E-state index is 12.6. The van der Waals surface area contributed by atoms with Crippen LogP contribution in [0.4, 0.5) is 5.69 Å². The Morgan fingerprint density at radius 2 is 1.83 bits per heavy atom. The number of carbonyl (C=O) groups is 2. The van der Waals surface area contributed by atoms with Crippen molar-refractivity contribution in [3.05, 3.63) is 74.4 Å². The SMILES string of the molecule is O=C(CSc1nnc(Br)n1-c1c(Cl)cc(C2CCC2)c2ccccc12)Nc1ccc(C(=O)O)cc1Cl. The van der Waals surface area contributed by atoms with Crippen LogP contribution in [0, 0.1) is 0 Å². The minimum absolute atomic E-state index is 0.0256. The van der Waals surface area contributed by atoms with Gasteiger partial charge in [0.25, 0.3) is 0 Å². The smallest absolute Gasteiger partial charge is 0.335 e. The first kappa shape index (κ1) is 25.1. The van der Waals surface area contributed by atoms with E-state index in [0.717, 1.165) is 29.3 Å². The quantitative estimate of drug-likeness (QED) is 0.216. The fourth-order valence-electron chi connectivity index (χ4n) is 4.24. The standard InChI is InChI=1S/C25H19BrCl2N4O3S/c26-24-30-31-25(36-12-21(33)29-20-9-8-14(23(34)35)10-18(20)27)32(24)22-16-7-2-1-6-15(16)17(11-19(22)28)13-4-3-5-13/h1-2,6-11,13H,3-5,12H2,(H,29,33)(H,34,35). The molecule has 184 valence electrons. The van der Waals surface area contributed by atoms with E-state index in [1.165, 1.54) is 41.9 Å². The lowest BCUT2D eigenvalue weighted by atomic mass is 9.78. The van der Waals surface area contributed by atoms with Gasteiger partial charge in [0.05, 0.1) is 32.7 Å². The van der Waals surface area contributed by atoms with Crippen molar-refractivity contribution in [1.29, 1.82) is 0 Å². The van der Waals surface area contributed by atoms with Crippen molar-refractivity contribution in [2.24, 2.45) is 0 Å². The van der Waals surface area contributed by atoms with Gasteiger partial charge in [-0.25, -0.2) is 4.79 Å². The predicted octanol–water partition coefficient (Wildman–Crippen LogP) is 7.19. The van der Waals surface area contributed by atoms with Gasteiger partial charge in [-0.05, 0) is 69.9 Å². The molecule has 7 nitrogen and oxygen atoms in total. The largest absolute Gasteiger partial charge is 0.478 e. The van der Waals surface area contributed by atoms with Gasteiger partial charge in [-0.1, -0.05) is 65.7 Å². The average Bonchev–Trinajstić information content (AvgIpc) is 3.18. The number of nitrogens with one attached hydrogen (secondary N) is 1. The Hall–Kier alpha value is -2.59. The van der Waals surface area contributed by atoms with Crippen LogP contribution in [-0.4, -0.2) is 37.5 Å². The molecule has 4 aromatic rings. The number of thioether (sulfide) groups is 1. The Labute approximate surface area is 229 Å². The molecule has 1 fully saturated rings. The highest BCUT2D eigenvalue weighted by atomic mass is 79.9. The van der Waals surface area contributed by atoms with E-state index in [4.69, 9.17) is 28.3 Å². The van der Waals surface area contributed by atoms with Crippen molar-refractivity contribution >= 4 is 79.2 Å². The number of fused-ring (bicyclic) bond motifs is 1. The summed E-state index contributed by atoms with van der Waals surface area (Å²) < 4.78 is 2.28. The van der Waals surface area contributed by atoms with Crippen molar-refractivity contribution in [1.82, 2.24) is 14.8 Å². The summed E-state index contributed by atoms with van der Waals surface area (Å²) in [6.45, 7) is 0. The van der Waals surface area contributed by atoms with Crippen molar-refractivity contribution in [3.8, 4) is 5.69 Å². The van der Waals surface area contributed by atoms with E-state index in [2.05, 4.69) is 37.5 Å². The number of nitrogens with zero attached hydrogens (tertiary/aromatic N) is 3. The van der Waals surface area contributed by atoms with E-state index >= 15 is 0 Å². The Morgan fingerprint density at radius 1 is 1.08 bits per heavy atom. The van der Waals surface area contributed by atoms with Crippen LogP contribution in [0.5, 0.6) is 0 Å². The summed E-state index contributed by atoms with van der Waals surface area (Å²) in [4.78, 5) is 23.7. The van der Waals surface area contributed by atoms with Gasteiger partial charge in [0, 0.05) is 5.39 Å². The third-order valence-corrected chi connectivity index (χ3v) is 8.23. The van der Waals surface area contributed by atoms with Crippen LogP contribution in [0.1, 0.15) is 41.1 Å². The Kier molecular flexibility index (Phi) is 7.25. The third kappa shape index (κ3) is 4.85. The van der Waals surface area contributed by atoms with E-state index < -0.39 is 5.97 Å². The van der Waals surface area contributed by atoms with E-state index in [9.17, 15) is 9.59 Å². The predicted molar refractivity (Wildman–Crippen MR) is 146 cm³/mol. The first-order valence-corrected chi connectivity index (χ1v) is 13.6. The molecule has 11 heteroatoms. The van der Waals surface area contributed by atoms with Crippen molar-refractivity contribution in [2.45, 2.75) is 30.3 Å². The van der Waals surface area contributed by atoms with Crippen LogP contribution in [-0.2, 0) is 4.79 Å². The van der Waals surface area contributed by atoms with E-state index in [1.54, 1.807) is 0 Å². The Balaban J connectivity index is 1.41. The lowest BCUT2D eigenvalue weighted by molar-refractivity contribution is -0.113. The number of carboxylic acid groups (broad SMARTS) is 1. The number of anilines is 1. The van der Waals surface area contributed by atoms with E-state index in [-0.39, 0.29) is 22.2 Å². The van der Waals surface area contributed by atoms with Gasteiger partial charge < -0.3 is 10.4 Å². The molecular weight excluding hydrogens is 587 g/mol. The van der Waals surface area contributed by atoms with Crippen LogP contribution < -0.4 is 5.32 Å². The zero-order chi connectivity index (χ0) is 25.4. The zero-order valence-corrected chi connectivity index (χ0v) is 22.6. The van der Waals surface area contributed by atoms with Gasteiger partial charge in [-0.3, -0.25) is 9.36 Å². The van der Waals surface area contributed by atoms with Crippen molar-refractivity contribution in [2.75, 3.05) is 11.1 Å². The maximum absolute atomic E-state index is 12.6. The van der Waals surface area contributed by atoms with Gasteiger partial charge in [-0.15, -0.1) is 10.2 Å². The number of hydrogen-bond donors (Lipinski definition) is 2. The minimum atomic E-state index is -1.10. The molecule has 1 aliphatic rings. The normalized spacial score (nSPS) is 13.5. The molecule has 5 rings (SSSR count). The summed E-state index contributed by atoms with van der Waals surface area (Å²) in [5.41, 5.74) is 2.38. The van der Waals surface area contributed by atoms with Crippen LogP contribution in [0.3, 0.4) is 0 Å². The zero-order valence-electron chi connectivity index (χ0n) is 18.7. The van der Waals surface area contributed by atoms with Crippen molar-refractivity contribution in [3.63, 3.8) is 0 Å².